The third-order valence-electron chi connectivity index (χ3n) is 3.58. The number of aliphatic hydroxyl groups is 1. The van der Waals surface area contributed by atoms with Gasteiger partial charge in [0.2, 0.25) is 0 Å². The lowest BCUT2D eigenvalue weighted by atomic mass is 10.1. The molecule has 0 atom stereocenters. The highest BCUT2D eigenvalue weighted by Gasteiger charge is 2.03. The van der Waals surface area contributed by atoms with E-state index < -0.39 is 0 Å². The predicted octanol–water partition coefficient (Wildman–Crippen LogP) is 3.04. The highest BCUT2D eigenvalue weighted by atomic mass is 16.3. The van der Waals surface area contributed by atoms with Crippen molar-refractivity contribution in [3.63, 3.8) is 0 Å². The van der Waals surface area contributed by atoms with Crippen LogP contribution in [0.15, 0.2) is 18.2 Å². The van der Waals surface area contributed by atoms with Gasteiger partial charge in [-0.15, -0.1) is 0 Å². The zero-order chi connectivity index (χ0) is 16.2. The maximum atomic E-state index is 11.7. The topological polar surface area (TPSA) is 81.6 Å². The fourth-order valence-electron chi connectivity index (χ4n) is 2.23. The Morgan fingerprint density at radius 2 is 1.82 bits per heavy atom. The number of hydrogen-bond donors (Lipinski definition) is 4. The number of rotatable bonds is 10. The van der Waals surface area contributed by atoms with Gasteiger partial charge in [0.05, 0.1) is 6.61 Å². The summed E-state index contributed by atoms with van der Waals surface area (Å²) < 4.78 is 0. The van der Waals surface area contributed by atoms with Crippen molar-refractivity contribution in [1.29, 1.82) is 0 Å². The number of unbranched alkanes of at least 4 members (excludes halogenated alkanes) is 5. The number of phenols is 1. The predicted molar refractivity (Wildman–Crippen MR) is 87.6 cm³/mol. The van der Waals surface area contributed by atoms with Gasteiger partial charge in [-0.1, -0.05) is 45.1 Å². The first kappa shape index (κ1) is 18.3. The Bertz CT molecular complexity index is 450. The Labute approximate surface area is 132 Å². The van der Waals surface area contributed by atoms with Gasteiger partial charge in [-0.2, -0.15) is 0 Å². The van der Waals surface area contributed by atoms with Gasteiger partial charge in [-0.05, 0) is 24.1 Å². The number of nitrogens with one attached hydrogen (secondary N) is 2. The number of carbonyl (C=O) groups excluding carboxylic acids is 1. The quantitative estimate of drug-likeness (QED) is 0.501. The molecule has 0 aliphatic rings. The zero-order valence-corrected chi connectivity index (χ0v) is 13.4. The number of amides is 2. The molecule has 0 aliphatic heterocycles. The van der Waals surface area contributed by atoms with Crippen LogP contribution in [-0.4, -0.2) is 22.8 Å². The molecule has 1 aromatic rings. The Morgan fingerprint density at radius 3 is 2.55 bits per heavy atom. The molecule has 0 radical (unpaired) electrons. The number of hydrogen-bond acceptors (Lipinski definition) is 3. The fourth-order valence-corrected chi connectivity index (χ4v) is 2.23. The lowest BCUT2D eigenvalue weighted by molar-refractivity contribution is 0.240. The van der Waals surface area contributed by atoms with Crippen molar-refractivity contribution in [1.82, 2.24) is 10.6 Å². The third kappa shape index (κ3) is 7.31. The van der Waals surface area contributed by atoms with Gasteiger partial charge in [-0.25, -0.2) is 4.79 Å². The van der Waals surface area contributed by atoms with Crippen LogP contribution in [0.1, 0.15) is 56.6 Å². The van der Waals surface area contributed by atoms with E-state index in [2.05, 4.69) is 17.6 Å². The summed E-state index contributed by atoms with van der Waals surface area (Å²) in [5.41, 5.74) is 1.31. The highest BCUT2D eigenvalue weighted by molar-refractivity contribution is 5.73. The maximum absolute atomic E-state index is 11.7. The second-order valence-electron chi connectivity index (χ2n) is 5.50. The average molecular weight is 308 g/mol. The number of benzene rings is 1. The largest absolute Gasteiger partial charge is 0.508 e. The van der Waals surface area contributed by atoms with Crippen molar-refractivity contribution < 1.29 is 15.0 Å². The van der Waals surface area contributed by atoms with Gasteiger partial charge in [0.15, 0.2) is 0 Å². The minimum atomic E-state index is -0.218. The molecule has 0 aromatic heterocycles. The molecule has 0 fully saturated rings. The smallest absolute Gasteiger partial charge is 0.315 e. The summed E-state index contributed by atoms with van der Waals surface area (Å²) in [7, 11) is 0. The van der Waals surface area contributed by atoms with Crippen LogP contribution in [0.25, 0.3) is 0 Å². The summed E-state index contributed by atoms with van der Waals surface area (Å²) in [4.78, 5) is 11.7. The van der Waals surface area contributed by atoms with E-state index in [9.17, 15) is 9.90 Å². The van der Waals surface area contributed by atoms with Crippen LogP contribution < -0.4 is 10.6 Å². The SMILES string of the molecule is CCCCCCCCNC(=O)NCc1ccc(O)c(CO)c1. The normalized spacial score (nSPS) is 10.5. The molecule has 1 rings (SSSR count). The van der Waals surface area contributed by atoms with Gasteiger partial charge in [0.1, 0.15) is 5.75 Å². The number of aliphatic hydroxyl groups excluding tert-OH is 1. The van der Waals surface area contributed by atoms with Crippen LogP contribution in [0.5, 0.6) is 5.75 Å². The van der Waals surface area contributed by atoms with E-state index in [4.69, 9.17) is 5.11 Å². The third-order valence-corrected chi connectivity index (χ3v) is 3.58. The Kier molecular flexibility index (Phi) is 9.07. The van der Waals surface area contributed by atoms with Gasteiger partial charge in [-0.3, -0.25) is 0 Å². The first-order chi connectivity index (χ1) is 10.7. The minimum Gasteiger partial charge on any atom is -0.508 e. The van der Waals surface area contributed by atoms with Crippen LogP contribution in [0.2, 0.25) is 0 Å². The lowest BCUT2D eigenvalue weighted by Crippen LogP contribution is -2.35. The second kappa shape index (κ2) is 10.9. The van der Waals surface area contributed by atoms with Crippen molar-refractivity contribution in [2.24, 2.45) is 0 Å². The highest BCUT2D eigenvalue weighted by Crippen LogP contribution is 2.18. The molecule has 5 heteroatoms. The molecule has 0 saturated carbocycles. The van der Waals surface area contributed by atoms with E-state index in [0.29, 0.717) is 18.7 Å². The summed E-state index contributed by atoms with van der Waals surface area (Å²) in [6.07, 6.45) is 7.20. The number of urea groups is 1. The Balaban J connectivity index is 2.15. The monoisotopic (exact) mass is 308 g/mol. The van der Waals surface area contributed by atoms with E-state index in [1.54, 1.807) is 12.1 Å². The molecule has 2 amide bonds. The van der Waals surface area contributed by atoms with E-state index in [0.717, 1.165) is 18.4 Å². The van der Waals surface area contributed by atoms with Crippen molar-refractivity contribution in [2.75, 3.05) is 6.54 Å². The molecular weight excluding hydrogens is 280 g/mol. The molecule has 5 nitrogen and oxygen atoms in total. The average Bonchev–Trinajstić information content (AvgIpc) is 2.53. The van der Waals surface area contributed by atoms with Crippen LogP contribution in [-0.2, 0) is 13.2 Å². The summed E-state index contributed by atoms with van der Waals surface area (Å²) in [6.45, 7) is 3.04. The van der Waals surface area contributed by atoms with Crippen molar-refractivity contribution in [2.45, 2.75) is 58.6 Å². The molecule has 0 unspecified atom stereocenters. The molecule has 0 spiro atoms. The Morgan fingerprint density at radius 1 is 1.09 bits per heavy atom. The zero-order valence-electron chi connectivity index (χ0n) is 13.4. The Hall–Kier alpha value is -1.75. The molecule has 0 heterocycles. The van der Waals surface area contributed by atoms with E-state index in [1.165, 1.54) is 31.7 Å². The van der Waals surface area contributed by atoms with Gasteiger partial charge in [0.25, 0.3) is 0 Å². The molecule has 1 aromatic carbocycles. The van der Waals surface area contributed by atoms with Crippen LogP contribution in [0, 0.1) is 0 Å². The summed E-state index contributed by atoms with van der Waals surface area (Å²) >= 11 is 0. The number of carbonyl (C=O) groups is 1. The molecule has 124 valence electrons. The van der Waals surface area contributed by atoms with Gasteiger partial charge >= 0.3 is 6.03 Å². The molecule has 4 N–H and O–H groups in total. The van der Waals surface area contributed by atoms with Crippen LogP contribution >= 0.6 is 0 Å². The van der Waals surface area contributed by atoms with Gasteiger partial charge < -0.3 is 20.8 Å². The first-order valence-corrected chi connectivity index (χ1v) is 8.10. The van der Waals surface area contributed by atoms with Crippen molar-refractivity contribution in [3.05, 3.63) is 29.3 Å². The summed E-state index contributed by atoms with van der Waals surface area (Å²) in [5.74, 6) is 0.0683. The van der Waals surface area contributed by atoms with Gasteiger partial charge in [0, 0.05) is 18.7 Å². The second-order valence-corrected chi connectivity index (χ2v) is 5.50. The van der Waals surface area contributed by atoms with Crippen molar-refractivity contribution >= 4 is 6.03 Å². The first-order valence-electron chi connectivity index (χ1n) is 8.10. The lowest BCUT2D eigenvalue weighted by Gasteiger charge is -2.09. The van der Waals surface area contributed by atoms with Crippen molar-refractivity contribution in [3.8, 4) is 5.75 Å². The summed E-state index contributed by atoms with van der Waals surface area (Å²) in [5, 5.41) is 24.2. The maximum Gasteiger partial charge on any atom is 0.315 e. The van der Waals surface area contributed by atoms with E-state index in [1.807, 2.05) is 0 Å². The standard InChI is InChI=1S/C17H28N2O3/c1-2-3-4-5-6-7-10-18-17(22)19-12-14-8-9-16(21)15(11-14)13-20/h8-9,11,20-21H,2-7,10,12-13H2,1H3,(H2,18,19,22). The van der Waals surface area contributed by atoms with E-state index >= 15 is 0 Å². The number of aromatic hydroxyl groups is 1. The molecule has 22 heavy (non-hydrogen) atoms. The molecule has 0 aliphatic carbocycles. The summed E-state index contributed by atoms with van der Waals surface area (Å²) in [6, 6.07) is 4.75. The molecule has 0 saturated heterocycles. The molecular formula is C17H28N2O3. The van der Waals surface area contributed by atoms with Crippen LogP contribution in [0.3, 0.4) is 0 Å². The minimum absolute atomic E-state index is 0.0683. The van der Waals surface area contributed by atoms with Crippen LogP contribution in [0.4, 0.5) is 4.79 Å². The van der Waals surface area contributed by atoms with E-state index in [-0.39, 0.29) is 18.4 Å². The fraction of sp³-hybridized carbons (Fsp3) is 0.588. The molecule has 0 bridgehead atoms.